The number of aromatic nitrogens is 1. The van der Waals surface area contributed by atoms with Crippen LogP contribution < -0.4 is 0 Å². The number of hydrogen-bond acceptors (Lipinski definition) is 1. The zero-order valence-corrected chi connectivity index (χ0v) is 9.46. The number of H-pyrrole nitrogens is 1. The molecular formula is C13H11F2NO2. The molecule has 2 N–H and O–H groups in total. The van der Waals surface area contributed by atoms with Gasteiger partial charge in [-0.25, -0.2) is 8.78 Å². The van der Waals surface area contributed by atoms with Crippen LogP contribution in [0.1, 0.15) is 17.7 Å². The monoisotopic (exact) mass is 251 g/mol. The van der Waals surface area contributed by atoms with E-state index in [2.05, 4.69) is 4.98 Å². The Kier molecular flexibility index (Phi) is 2.36. The molecule has 5 heteroatoms. The summed E-state index contributed by atoms with van der Waals surface area (Å²) < 4.78 is 26.4. The third-order valence-electron chi connectivity index (χ3n) is 3.58. The van der Waals surface area contributed by atoms with Gasteiger partial charge < -0.3 is 10.1 Å². The summed E-state index contributed by atoms with van der Waals surface area (Å²) >= 11 is 0. The van der Waals surface area contributed by atoms with Crippen molar-refractivity contribution in [2.45, 2.75) is 19.3 Å². The van der Waals surface area contributed by atoms with Crippen molar-refractivity contribution in [2.24, 2.45) is 5.92 Å². The molecule has 0 saturated heterocycles. The van der Waals surface area contributed by atoms with Crippen LogP contribution in [0.2, 0.25) is 0 Å². The number of aryl methyl sites for hydroxylation is 1. The average Bonchev–Trinajstić information content (AvgIpc) is 2.66. The highest BCUT2D eigenvalue weighted by molar-refractivity contribution is 5.86. The highest BCUT2D eigenvalue weighted by Crippen LogP contribution is 2.32. The minimum absolute atomic E-state index is 0.371. The van der Waals surface area contributed by atoms with Gasteiger partial charge in [0.25, 0.3) is 0 Å². The van der Waals surface area contributed by atoms with Gasteiger partial charge in [-0.05, 0) is 30.9 Å². The van der Waals surface area contributed by atoms with Crippen LogP contribution in [0.5, 0.6) is 0 Å². The van der Waals surface area contributed by atoms with E-state index in [0.717, 1.165) is 23.4 Å². The van der Waals surface area contributed by atoms with Crippen LogP contribution in [-0.4, -0.2) is 16.1 Å². The Labute approximate surface area is 101 Å². The lowest BCUT2D eigenvalue weighted by atomic mass is 9.86. The molecular weight excluding hydrogens is 240 g/mol. The number of halogens is 2. The van der Waals surface area contributed by atoms with Gasteiger partial charge in [0.1, 0.15) is 0 Å². The Morgan fingerprint density at radius 3 is 2.78 bits per heavy atom. The number of fused-ring (bicyclic) bond motifs is 3. The van der Waals surface area contributed by atoms with Gasteiger partial charge in [-0.1, -0.05) is 0 Å². The standard InChI is InChI=1S/C13H11F2NO2/c14-9-4-8-7-3-6(13(17)18)1-2-11(7)16-12(8)5-10(9)15/h4-6,16H,1-3H2,(H,17,18). The Morgan fingerprint density at radius 2 is 2.06 bits per heavy atom. The van der Waals surface area contributed by atoms with Crippen molar-refractivity contribution in [3.05, 3.63) is 35.0 Å². The lowest BCUT2D eigenvalue weighted by Gasteiger charge is -2.18. The summed E-state index contributed by atoms with van der Waals surface area (Å²) in [5, 5.41) is 9.62. The minimum atomic E-state index is -0.901. The molecule has 0 fully saturated rings. The van der Waals surface area contributed by atoms with Crippen LogP contribution >= 0.6 is 0 Å². The number of carboxylic acids is 1. The van der Waals surface area contributed by atoms with Crippen molar-refractivity contribution in [2.75, 3.05) is 0 Å². The van der Waals surface area contributed by atoms with E-state index in [9.17, 15) is 13.6 Å². The Morgan fingerprint density at radius 1 is 1.33 bits per heavy atom. The smallest absolute Gasteiger partial charge is 0.306 e. The van der Waals surface area contributed by atoms with Crippen LogP contribution in [0.4, 0.5) is 8.78 Å². The summed E-state index contributed by atoms with van der Waals surface area (Å²) in [5.41, 5.74) is 2.24. The molecule has 18 heavy (non-hydrogen) atoms. The maximum atomic E-state index is 13.2. The molecule has 0 spiro atoms. The van der Waals surface area contributed by atoms with Crippen molar-refractivity contribution < 1.29 is 18.7 Å². The summed E-state index contributed by atoms with van der Waals surface area (Å²) in [6.07, 6.45) is 1.53. The molecule has 1 aromatic heterocycles. The lowest BCUT2D eigenvalue weighted by molar-refractivity contribution is -0.142. The van der Waals surface area contributed by atoms with Gasteiger partial charge in [0, 0.05) is 22.7 Å². The van der Waals surface area contributed by atoms with Gasteiger partial charge in [-0.2, -0.15) is 0 Å². The third-order valence-corrected chi connectivity index (χ3v) is 3.58. The average molecular weight is 251 g/mol. The summed E-state index contributed by atoms with van der Waals surface area (Å²) in [4.78, 5) is 14.0. The zero-order chi connectivity index (χ0) is 12.9. The van der Waals surface area contributed by atoms with Crippen LogP contribution in [0, 0.1) is 17.6 Å². The first-order chi connectivity index (χ1) is 8.56. The highest BCUT2D eigenvalue weighted by atomic mass is 19.2. The fourth-order valence-corrected chi connectivity index (χ4v) is 2.62. The molecule has 3 nitrogen and oxygen atoms in total. The Bertz CT molecular complexity index is 648. The maximum Gasteiger partial charge on any atom is 0.306 e. The number of carbonyl (C=O) groups is 1. The van der Waals surface area contributed by atoms with E-state index in [-0.39, 0.29) is 0 Å². The summed E-state index contributed by atoms with van der Waals surface area (Å²) in [6.45, 7) is 0. The predicted octanol–water partition coefficient (Wildman–Crippen LogP) is 2.64. The van der Waals surface area contributed by atoms with E-state index < -0.39 is 23.5 Å². The first-order valence-corrected chi connectivity index (χ1v) is 5.77. The molecule has 1 aromatic carbocycles. The minimum Gasteiger partial charge on any atom is -0.481 e. The molecule has 2 aromatic rings. The van der Waals surface area contributed by atoms with Crippen LogP contribution in [0.15, 0.2) is 12.1 Å². The van der Waals surface area contributed by atoms with E-state index in [1.54, 1.807) is 0 Å². The molecule has 1 atom stereocenters. The van der Waals surface area contributed by atoms with Gasteiger partial charge in [0.2, 0.25) is 0 Å². The number of aliphatic carboxylic acids is 1. The van der Waals surface area contributed by atoms with E-state index in [1.807, 2.05) is 0 Å². The van der Waals surface area contributed by atoms with Gasteiger partial charge >= 0.3 is 5.97 Å². The predicted molar refractivity (Wildman–Crippen MR) is 61.4 cm³/mol. The molecule has 0 amide bonds. The zero-order valence-electron chi connectivity index (χ0n) is 9.46. The number of carboxylic acid groups (broad SMARTS) is 1. The van der Waals surface area contributed by atoms with Crippen molar-refractivity contribution >= 4 is 16.9 Å². The number of rotatable bonds is 1. The molecule has 1 unspecified atom stereocenters. The largest absolute Gasteiger partial charge is 0.481 e. The van der Waals surface area contributed by atoms with Crippen LogP contribution in [0.25, 0.3) is 10.9 Å². The molecule has 1 aliphatic carbocycles. The third kappa shape index (κ3) is 1.58. The molecule has 94 valence electrons. The second kappa shape index (κ2) is 3.80. The molecule has 0 radical (unpaired) electrons. The Balaban J connectivity index is 2.15. The summed E-state index contributed by atoms with van der Waals surface area (Å²) in [5.74, 6) is -3.07. The summed E-state index contributed by atoms with van der Waals surface area (Å²) in [6, 6.07) is 2.27. The van der Waals surface area contributed by atoms with E-state index in [0.29, 0.717) is 30.2 Å². The number of hydrogen-bond donors (Lipinski definition) is 2. The summed E-state index contributed by atoms with van der Waals surface area (Å²) in [7, 11) is 0. The number of nitrogens with one attached hydrogen (secondary N) is 1. The second-order valence-electron chi connectivity index (χ2n) is 4.67. The van der Waals surface area contributed by atoms with Crippen molar-refractivity contribution in [1.29, 1.82) is 0 Å². The molecule has 0 saturated carbocycles. The van der Waals surface area contributed by atoms with Crippen LogP contribution in [0.3, 0.4) is 0 Å². The topological polar surface area (TPSA) is 53.1 Å². The number of aromatic amines is 1. The Hall–Kier alpha value is -1.91. The quantitative estimate of drug-likeness (QED) is 0.818. The number of benzene rings is 1. The second-order valence-corrected chi connectivity index (χ2v) is 4.67. The van der Waals surface area contributed by atoms with Gasteiger partial charge in [-0.3, -0.25) is 4.79 Å². The SMILES string of the molecule is O=C(O)C1CCc2[nH]c3cc(F)c(F)cc3c2C1. The van der Waals surface area contributed by atoms with Gasteiger partial charge in [-0.15, -0.1) is 0 Å². The first kappa shape index (κ1) is 11.2. The molecule has 0 bridgehead atoms. The molecule has 1 aliphatic rings. The molecule has 0 aliphatic heterocycles. The lowest BCUT2D eigenvalue weighted by Crippen LogP contribution is -2.21. The van der Waals surface area contributed by atoms with Crippen molar-refractivity contribution in [3.8, 4) is 0 Å². The highest BCUT2D eigenvalue weighted by Gasteiger charge is 2.27. The van der Waals surface area contributed by atoms with Crippen molar-refractivity contribution in [3.63, 3.8) is 0 Å². The fraction of sp³-hybridized carbons (Fsp3) is 0.308. The van der Waals surface area contributed by atoms with E-state index >= 15 is 0 Å². The molecule has 3 rings (SSSR count). The van der Waals surface area contributed by atoms with Gasteiger partial charge in [0.05, 0.1) is 5.92 Å². The van der Waals surface area contributed by atoms with Gasteiger partial charge in [0.15, 0.2) is 11.6 Å². The van der Waals surface area contributed by atoms with E-state index in [1.165, 1.54) is 0 Å². The van der Waals surface area contributed by atoms with E-state index in [4.69, 9.17) is 5.11 Å². The first-order valence-electron chi connectivity index (χ1n) is 5.77. The van der Waals surface area contributed by atoms with Crippen LogP contribution in [-0.2, 0) is 17.6 Å². The van der Waals surface area contributed by atoms with Crippen molar-refractivity contribution in [1.82, 2.24) is 4.98 Å². The maximum absolute atomic E-state index is 13.2. The molecule has 1 heterocycles. The fourth-order valence-electron chi connectivity index (χ4n) is 2.62. The normalized spacial score (nSPS) is 18.9.